The molecule has 0 amide bonds. The minimum atomic E-state index is -1.36. The van der Waals surface area contributed by atoms with E-state index in [1.54, 1.807) is 12.1 Å². The molecule has 1 aliphatic rings. The van der Waals surface area contributed by atoms with Crippen molar-refractivity contribution in [3.05, 3.63) is 35.4 Å². The Hall–Kier alpha value is -1.84. The van der Waals surface area contributed by atoms with Crippen LogP contribution in [0.1, 0.15) is 60.2 Å². The number of aromatic carboxylic acids is 1. The fourth-order valence-corrected chi connectivity index (χ4v) is 2.74. The standard InChI is InChI=1S/C16H20O4/c1-11-7-5-6-10-16(11,2)20-15(19)13-9-4-3-8-12(13)14(17)18/h3-4,8-9,11H,5-7,10H2,1-2H3,(H,17,18)/p-1. The largest absolute Gasteiger partial charge is 0.545 e. The first-order chi connectivity index (χ1) is 9.44. The van der Waals surface area contributed by atoms with Gasteiger partial charge in [0.15, 0.2) is 0 Å². The van der Waals surface area contributed by atoms with Gasteiger partial charge in [0, 0.05) is 5.56 Å². The zero-order valence-corrected chi connectivity index (χ0v) is 11.8. The molecule has 0 saturated heterocycles. The summed E-state index contributed by atoms with van der Waals surface area (Å²) in [4.78, 5) is 23.3. The average Bonchev–Trinajstić information content (AvgIpc) is 2.42. The molecule has 1 aromatic carbocycles. The van der Waals surface area contributed by atoms with Gasteiger partial charge in [-0.3, -0.25) is 0 Å². The van der Waals surface area contributed by atoms with Crippen molar-refractivity contribution in [3.8, 4) is 0 Å². The van der Waals surface area contributed by atoms with E-state index in [0.29, 0.717) is 0 Å². The molecular formula is C16H19O4-. The van der Waals surface area contributed by atoms with E-state index < -0.39 is 17.5 Å². The molecule has 1 fully saturated rings. The lowest BCUT2D eigenvalue weighted by Crippen LogP contribution is -2.41. The summed E-state index contributed by atoms with van der Waals surface area (Å²) < 4.78 is 5.64. The second-order valence-corrected chi connectivity index (χ2v) is 5.68. The molecule has 0 aliphatic heterocycles. The minimum Gasteiger partial charge on any atom is -0.545 e. The zero-order chi connectivity index (χ0) is 14.8. The van der Waals surface area contributed by atoms with Gasteiger partial charge in [-0.15, -0.1) is 0 Å². The molecule has 108 valence electrons. The maximum absolute atomic E-state index is 12.3. The molecule has 0 heterocycles. The van der Waals surface area contributed by atoms with Gasteiger partial charge in [-0.1, -0.05) is 31.5 Å². The van der Waals surface area contributed by atoms with Crippen LogP contribution in [-0.2, 0) is 4.74 Å². The Morgan fingerprint density at radius 2 is 1.90 bits per heavy atom. The van der Waals surface area contributed by atoms with Crippen LogP contribution >= 0.6 is 0 Å². The molecule has 2 unspecified atom stereocenters. The van der Waals surface area contributed by atoms with Crippen molar-refractivity contribution in [2.24, 2.45) is 5.92 Å². The third kappa shape index (κ3) is 2.84. The second-order valence-electron chi connectivity index (χ2n) is 5.68. The lowest BCUT2D eigenvalue weighted by atomic mass is 9.77. The summed E-state index contributed by atoms with van der Waals surface area (Å²) in [7, 11) is 0. The van der Waals surface area contributed by atoms with E-state index in [2.05, 4.69) is 6.92 Å². The molecule has 0 spiro atoms. The Bertz CT molecular complexity index is 523. The normalized spacial score (nSPS) is 26.0. The van der Waals surface area contributed by atoms with Crippen molar-refractivity contribution in [3.63, 3.8) is 0 Å². The number of carboxylic acids is 1. The molecule has 0 N–H and O–H groups in total. The molecule has 1 saturated carbocycles. The number of carbonyl (C=O) groups is 2. The Morgan fingerprint density at radius 1 is 1.25 bits per heavy atom. The molecular weight excluding hydrogens is 256 g/mol. The summed E-state index contributed by atoms with van der Waals surface area (Å²) in [6, 6.07) is 6.01. The molecule has 0 radical (unpaired) electrons. The van der Waals surface area contributed by atoms with E-state index in [1.165, 1.54) is 12.1 Å². The lowest BCUT2D eigenvalue weighted by Gasteiger charge is -2.39. The van der Waals surface area contributed by atoms with Gasteiger partial charge >= 0.3 is 5.97 Å². The summed E-state index contributed by atoms with van der Waals surface area (Å²) in [6.45, 7) is 3.99. The first-order valence-corrected chi connectivity index (χ1v) is 6.98. The van der Waals surface area contributed by atoms with E-state index in [-0.39, 0.29) is 17.0 Å². The van der Waals surface area contributed by atoms with Crippen LogP contribution in [0.5, 0.6) is 0 Å². The Balaban J connectivity index is 2.22. The van der Waals surface area contributed by atoms with E-state index >= 15 is 0 Å². The number of hydrogen-bond donors (Lipinski definition) is 0. The Morgan fingerprint density at radius 3 is 2.50 bits per heavy atom. The van der Waals surface area contributed by atoms with Gasteiger partial charge < -0.3 is 14.6 Å². The smallest absolute Gasteiger partial charge is 0.339 e. The van der Waals surface area contributed by atoms with E-state index in [1.807, 2.05) is 6.92 Å². The molecule has 2 rings (SSSR count). The highest BCUT2D eigenvalue weighted by Gasteiger charge is 2.37. The summed E-state index contributed by atoms with van der Waals surface area (Å²) in [5.74, 6) is -1.67. The lowest BCUT2D eigenvalue weighted by molar-refractivity contribution is -0.255. The first-order valence-electron chi connectivity index (χ1n) is 6.98. The molecule has 2 atom stereocenters. The van der Waals surface area contributed by atoms with Crippen molar-refractivity contribution in [1.82, 2.24) is 0 Å². The number of carbonyl (C=O) groups excluding carboxylic acids is 2. The van der Waals surface area contributed by atoms with Gasteiger partial charge in [-0.25, -0.2) is 4.79 Å². The van der Waals surface area contributed by atoms with E-state index in [9.17, 15) is 14.7 Å². The zero-order valence-electron chi connectivity index (χ0n) is 11.8. The molecule has 0 bridgehead atoms. The molecule has 20 heavy (non-hydrogen) atoms. The predicted octanol–water partition coefficient (Wildman–Crippen LogP) is 2.18. The van der Waals surface area contributed by atoms with Crippen LogP contribution in [0.4, 0.5) is 0 Å². The van der Waals surface area contributed by atoms with Crippen molar-refractivity contribution in [2.45, 2.75) is 45.1 Å². The SMILES string of the molecule is CC1CCCCC1(C)OC(=O)c1ccccc1C(=O)[O-]. The van der Waals surface area contributed by atoms with Gasteiger partial charge in [0.2, 0.25) is 0 Å². The van der Waals surface area contributed by atoms with Crippen molar-refractivity contribution >= 4 is 11.9 Å². The highest BCUT2D eigenvalue weighted by Crippen LogP contribution is 2.37. The topological polar surface area (TPSA) is 66.4 Å². The van der Waals surface area contributed by atoms with Gasteiger partial charge in [0.25, 0.3) is 0 Å². The second kappa shape index (κ2) is 5.65. The number of rotatable bonds is 3. The van der Waals surface area contributed by atoms with E-state index in [0.717, 1.165) is 25.7 Å². The fourth-order valence-electron chi connectivity index (χ4n) is 2.74. The van der Waals surface area contributed by atoms with Crippen LogP contribution in [0.2, 0.25) is 0 Å². The monoisotopic (exact) mass is 275 g/mol. The number of carboxylic acid groups (broad SMARTS) is 1. The highest BCUT2D eigenvalue weighted by atomic mass is 16.6. The summed E-state index contributed by atoms with van der Waals surface area (Å²) >= 11 is 0. The van der Waals surface area contributed by atoms with Crippen molar-refractivity contribution < 1.29 is 19.4 Å². The van der Waals surface area contributed by atoms with Crippen LogP contribution < -0.4 is 5.11 Å². The molecule has 1 aliphatic carbocycles. The minimum absolute atomic E-state index is 0.0616. The van der Waals surface area contributed by atoms with Gasteiger partial charge in [-0.2, -0.15) is 0 Å². The maximum Gasteiger partial charge on any atom is 0.339 e. The third-order valence-corrected chi connectivity index (χ3v) is 4.30. The molecule has 4 nitrogen and oxygen atoms in total. The van der Waals surface area contributed by atoms with Gasteiger partial charge in [0.05, 0.1) is 11.5 Å². The maximum atomic E-state index is 12.3. The van der Waals surface area contributed by atoms with Crippen molar-refractivity contribution in [1.29, 1.82) is 0 Å². The Kier molecular flexibility index (Phi) is 4.12. The average molecular weight is 275 g/mol. The number of hydrogen-bond acceptors (Lipinski definition) is 4. The number of benzene rings is 1. The number of esters is 1. The van der Waals surface area contributed by atoms with Crippen LogP contribution in [0.25, 0.3) is 0 Å². The summed E-state index contributed by atoms with van der Waals surface area (Å²) in [5.41, 5.74) is -0.579. The molecule has 1 aromatic rings. The first kappa shape index (κ1) is 14.6. The quantitative estimate of drug-likeness (QED) is 0.793. The van der Waals surface area contributed by atoms with Crippen molar-refractivity contribution in [2.75, 3.05) is 0 Å². The number of ether oxygens (including phenoxy) is 1. The van der Waals surface area contributed by atoms with Gasteiger partial charge in [-0.05, 0) is 38.2 Å². The van der Waals surface area contributed by atoms with Crippen LogP contribution in [0, 0.1) is 5.92 Å². The third-order valence-electron chi connectivity index (χ3n) is 4.30. The van der Waals surface area contributed by atoms with Crippen LogP contribution in [0.15, 0.2) is 24.3 Å². The van der Waals surface area contributed by atoms with Crippen LogP contribution in [-0.4, -0.2) is 17.5 Å². The van der Waals surface area contributed by atoms with Crippen LogP contribution in [0.3, 0.4) is 0 Å². The molecule has 0 aromatic heterocycles. The summed E-state index contributed by atoms with van der Waals surface area (Å²) in [5, 5.41) is 11.0. The predicted molar refractivity (Wildman–Crippen MR) is 72.2 cm³/mol. The van der Waals surface area contributed by atoms with Gasteiger partial charge in [0.1, 0.15) is 5.60 Å². The van der Waals surface area contributed by atoms with E-state index in [4.69, 9.17) is 4.74 Å². The highest BCUT2D eigenvalue weighted by molar-refractivity contribution is 6.01. The summed E-state index contributed by atoms with van der Waals surface area (Å²) in [6.07, 6.45) is 4.00. The Labute approximate surface area is 118 Å². The molecule has 4 heteroatoms. The fraction of sp³-hybridized carbons (Fsp3) is 0.500.